The normalized spacial score (nSPS) is 21.3. The number of ether oxygens (including phenoxy) is 3. The Kier molecular flexibility index (Phi) is 3.55. The number of carbonyl (C=O) groups excluding carboxylic acids is 1. The van der Waals surface area contributed by atoms with Gasteiger partial charge in [-0.1, -0.05) is 19.9 Å². The lowest BCUT2D eigenvalue weighted by atomic mass is 9.79. The van der Waals surface area contributed by atoms with Crippen LogP contribution in [-0.2, 0) is 4.74 Å². The second-order valence-electron chi connectivity index (χ2n) is 5.22. The highest BCUT2D eigenvalue weighted by Crippen LogP contribution is 2.44. The van der Waals surface area contributed by atoms with Crippen LogP contribution in [0.15, 0.2) is 18.2 Å². The Balaban J connectivity index is 2.52. The van der Waals surface area contributed by atoms with Crippen LogP contribution in [0, 0.1) is 5.41 Å². The van der Waals surface area contributed by atoms with E-state index in [2.05, 4.69) is 5.32 Å². The lowest BCUT2D eigenvalue weighted by Gasteiger charge is -2.39. The first kappa shape index (κ1) is 13.5. The van der Waals surface area contributed by atoms with Crippen molar-refractivity contribution in [3.05, 3.63) is 23.8 Å². The molecular weight excluding hydrogens is 246 g/mol. The molecule has 0 aromatic heterocycles. The molecule has 1 aromatic rings. The summed E-state index contributed by atoms with van der Waals surface area (Å²) in [6.45, 7) is 4.41. The Morgan fingerprint density at radius 3 is 2.37 bits per heavy atom. The number of amides is 1. The lowest BCUT2D eigenvalue weighted by Crippen LogP contribution is -2.47. The number of carbonyl (C=O) groups is 1. The molecule has 2 rings (SSSR count). The van der Waals surface area contributed by atoms with Crippen LogP contribution in [0.3, 0.4) is 0 Å². The Bertz CT molecular complexity index is 462. The van der Waals surface area contributed by atoms with Crippen LogP contribution in [0.4, 0.5) is 4.79 Å². The van der Waals surface area contributed by atoms with E-state index in [0.717, 1.165) is 5.56 Å². The van der Waals surface area contributed by atoms with Gasteiger partial charge in [0.1, 0.15) is 18.1 Å². The minimum Gasteiger partial charge on any atom is -0.496 e. The highest BCUT2D eigenvalue weighted by molar-refractivity contribution is 5.70. The van der Waals surface area contributed by atoms with E-state index >= 15 is 0 Å². The van der Waals surface area contributed by atoms with Crippen molar-refractivity contribution in [2.45, 2.75) is 19.9 Å². The van der Waals surface area contributed by atoms with E-state index in [4.69, 9.17) is 14.2 Å². The number of hydrogen-bond acceptors (Lipinski definition) is 4. The number of alkyl carbamates (subject to hydrolysis) is 1. The Morgan fingerprint density at radius 2 is 1.84 bits per heavy atom. The number of methoxy groups -OCH3 is 2. The zero-order chi connectivity index (χ0) is 14.0. The topological polar surface area (TPSA) is 56.8 Å². The van der Waals surface area contributed by atoms with Crippen molar-refractivity contribution in [2.75, 3.05) is 20.8 Å². The molecule has 1 heterocycles. The van der Waals surface area contributed by atoms with Gasteiger partial charge < -0.3 is 19.5 Å². The number of nitrogens with one attached hydrogen (secondary N) is 1. The first-order valence-corrected chi connectivity index (χ1v) is 6.14. The van der Waals surface area contributed by atoms with E-state index in [1.54, 1.807) is 14.2 Å². The molecule has 0 aliphatic carbocycles. The molecule has 1 amide bonds. The molecule has 1 N–H and O–H groups in total. The lowest BCUT2D eigenvalue weighted by molar-refractivity contribution is 0.0374. The van der Waals surface area contributed by atoms with E-state index in [1.807, 2.05) is 32.0 Å². The van der Waals surface area contributed by atoms with Gasteiger partial charge >= 0.3 is 6.09 Å². The standard InChI is InChI=1S/C14H19NO4/c1-14(2)8-19-13(16)15-12(14)11-9(17-3)6-5-7-10(11)18-4/h5-7,12H,8H2,1-4H3,(H,15,16)/t12-/m0/s1. The summed E-state index contributed by atoms with van der Waals surface area (Å²) < 4.78 is 15.9. The highest BCUT2D eigenvalue weighted by atomic mass is 16.6. The van der Waals surface area contributed by atoms with Crippen molar-refractivity contribution in [1.82, 2.24) is 5.32 Å². The van der Waals surface area contributed by atoms with Crippen LogP contribution in [0.25, 0.3) is 0 Å². The van der Waals surface area contributed by atoms with Gasteiger partial charge in [-0.2, -0.15) is 0 Å². The largest absolute Gasteiger partial charge is 0.496 e. The SMILES string of the molecule is COc1cccc(OC)c1[C@@H]1NC(=O)OCC1(C)C. The average Bonchev–Trinajstić information content (AvgIpc) is 2.40. The fourth-order valence-corrected chi connectivity index (χ4v) is 2.32. The van der Waals surface area contributed by atoms with Crippen molar-refractivity contribution in [2.24, 2.45) is 5.41 Å². The highest BCUT2D eigenvalue weighted by Gasteiger charge is 2.40. The average molecular weight is 265 g/mol. The molecular formula is C14H19NO4. The van der Waals surface area contributed by atoms with Gasteiger partial charge in [-0.25, -0.2) is 4.79 Å². The molecule has 5 heteroatoms. The zero-order valence-corrected chi connectivity index (χ0v) is 11.6. The molecule has 0 bridgehead atoms. The summed E-state index contributed by atoms with van der Waals surface area (Å²) in [4.78, 5) is 11.5. The number of cyclic esters (lactones) is 1. The third kappa shape index (κ3) is 2.45. The molecule has 0 spiro atoms. The predicted octanol–water partition coefficient (Wildman–Crippen LogP) is 2.51. The van der Waals surface area contributed by atoms with Gasteiger partial charge in [0.15, 0.2) is 0 Å². The van der Waals surface area contributed by atoms with Crippen molar-refractivity contribution >= 4 is 6.09 Å². The van der Waals surface area contributed by atoms with Gasteiger partial charge in [-0.05, 0) is 12.1 Å². The summed E-state index contributed by atoms with van der Waals surface area (Å²) >= 11 is 0. The smallest absolute Gasteiger partial charge is 0.407 e. The molecule has 0 radical (unpaired) electrons. The third-order valence-electron chi connectivity index (χ3n) is 3.37. The summed E-state index contributed by atoms with van der Waals surface area (Å²) in [6.07, 6.45) is -0.419. The fourth-order valence-electron chi connectivity index (χ4n) is 2.32. The molecule has 0 saturated carbocycles. The van der Waals surface area contributed by atoms with E-state index < -0.39 is 6.09 Å². The number of benzene rings is 1. The quantitative estimate of drug-likeness (QED) is 0.912. The summed E-state index contributed by atoms with van der Waals surface area (Å²) in [6, 6.07) is 5.35. The molecule has 0 unspecified atom stereocenters. The van der Waals surface area contributed by atoms with E-state index in [0.29, 0.717) is 18.1 Å². The van der Waals surface area contributed by atoms with Gasteiger partial charge in [-0.3, -0.25) is 0 Å². The number of rotatable bonds is 3. The zero-order valence-electron chi connectivity index (χ0n) is 11.6. The summed E-state index contributed by atoms with van der Waals surface area (Å²) in [5.74, 6) is 1.39. The summed E-state index contributed by atoms with van der Waals surface area (Å²) in [5.41, 5.74) is 0.588. The number of hydrogen-bond donors (Lipinski definition) is 1. The van der Waals surface area contributed by atoms with Gasteiger partial charge in [0.2, 0.25) is 0 Å². The van der Waals surface area contributed by atoms with Crippen molar-refractivity contribution < 1.29 is 19.0 Å². The van der Waals surface area contributed by atoms with Crippen LogP contribution in [-0.4, -0.2) is 26.9 Å². The molecule has 19 heavy (non-hydrogen) atoms. The Labute approximate surface area is 112 Å². The maximum absolute atomic E-state index is 11.5. The molecule has 104 valence electrons. The predicted molar refractivity (Wildman–Crippen MR) is 70.6 cm³/mol. The monoisotopic (exact) mass is 265 g/mol. The van der Waals surface area contributed by atoms with Crippen LogP contribution in [0.1, 0.15) is 25.5 Å². The van der Waals surface area contributed by atoms with Crippen LogP contribution < -0.4 is 14.8 Å². The van der Waals surface area contributed by atoms with Gasteiger partial charge in [0.25, 0.3) is 0 Å². The molecule has 1 fully saturated rings. The Morgan fingerprint density at radius 1 is 1.26 bits per heavy atom. The second kappa shape index (κ2) is 4.99. The molecule has 1 aliphatic heterocycles. The Hall–Kier alpha value is -1.91. The maximum Gasteiger partial charge on any atom is 0.407 e. The molecule has 1 aliphatic rings. The second-order valence-corrected chi connectivity index (χ2v) is 5.22. The molecule has 1 saturated heterocycles. The van der Waals surface area contributed by atoms with Crippen LogP contribution in [0.2, 0.25) is 0 Å². The first-order chi connectivity index (χ1) is 8.99. The first-order valence-electron chi connectivity index (χ1n) is 6.14. The van der Waals surface area contributed by atoms with E-state index in [9.17, 15) is 4.79 Å². The van der Waals surface area contributed by atoms with Crippen LogP contribution in [0.5, 0.6) is 11.5 Å². The maximum atomic E-state index is 11.5. The minimum atomic E-state index is -0.419. The van der Waals surface area contributed by atoms with Crippen molar-refractivity contribution in [1.29, 1.82) is 0 Å². The van der Waals surface area contributed by atoms with Crippen LogP contribution >= 0.6 is 0 Å². The molecule has 5 nitrogen and oxygen atoms in total. The molecule has 1 atom stereocenters. The van der Waals surface area contributed by atoms with E-state index in [-0.39, 0.29) is 11.5 Å². The summed E-state index contributed by atoms with van der Waals surface area (Å²) in [7, 11) is 3.21. The van der Waals surface area contributed by atoms with Gasteiger partial charge in [-0.15, -0.1) is 0 Å². The third-order valence-corrected chi connectivity index (χ3v) is 3.37. The summed E-state index contributed by atoms with van der Waals surface area (Å²) in [5, 5.41) is 2.85. The van der Waals surface area contributed by atoms with E-state index in [1.165, 1.54) is 0 Å². The fraction of sp³-hybridized carbons (Fsp3) is 0.500. The van der Waals surface area contributed by atoms with Gasteiger partial charge in [0.05, 0.1) is 25.8 Å². The molecule has 1 aromatic carbocycles. The van der Waals surface area contributed by atoms with Gasteiger partial charge in [0, 0.05) is 5.41 Å². The minimum absolute atomic E-state index is 0.222. The van der Waals surface area contributed by atoms with Crippen molar-refractivity contribution in [3.8, 4) is 11.5 Å². The van der Waals surface area contributed by atoms with Crippen molar-refractivity contribution in [3.63, 3.8) is 0 Å².